The van der Waals surface area contributed by atoms with Crippen LogP contribution in [-0.2, 0) is 6.54 Å². The van der Waals surface area contributed by atoms with Gasteiger partial charge in [0, 0.05) is 30.7 Å². The topological polar surface area (TPSA) is 37.3 Å². The highest BCUT2D eigenvalue weighted by atomic mass is 16.2. The third kappa shape index (κ3) is 2.42. The summed E-state index contributed by atoms with van der Waals surface area (Å²) < 4.78 is 2.21. The second kappa shape index (κ2) is 5.28. The van der Waals surface area contributed by atoms with E-state index in [9.17, 15) is 4.79 Å². The first kappa shape index (κ1) is 13.7. The fraction of sp³-hybridized carbons (Fsp3) is 0.353. The van der Waals surface area contributed by atoms with E-state index in [1.165, 1.54) is 11.3 Å². The van der Waals surface area contributed by atoms with Gasteiger partial charge >= 0.3 is 6.03 Å². The number of anilines is 1. The molecule has 1 atom stereocenters. The van der Waals surface area contributed by atoms with Crippen LogP contribution < -0.4 is 5.32 Å². The van der Waals surface area contributed by atoms with Crippen LogP contribution in [0.4, 0.5) is 10.5 Å². The Labute approximate surface area is 125 Å². The number of fused-ring (bicyclic) bond motifs is 1. The highest BCUT2D eigenvalue weighted by Crippen LogP contribution is 2.26. The largest absolute Gasteiger partial charge is 0.348 e. The molecule has 0 unspecified atom stereocenters. The maximum absolute atomic E-state index is 12.6. The van der Waals surface area contributed by atoms with E-state index in [0.717, 1.165) is 24.3 Å². The molecule has 1 aromatic carbocycles. The van der Waals surface area contributed by atoms with Crippen molar-refractivity contribution in [1.82, 2.24) is 9.47 Å². The summed E-state index contributed by atoms with van der Waals surface area (Å²) in [6.07, 6.45) is 2.08. The number of hydrogen-bond donors (Lipinski definition) is 1. The number of benzene rings is 1. The van der Waals surface area contributed by atoms with Gasteiger partial charge in [0.1, 0.15) is 0 Å². The van der Waals surface area contributed by atoms with Gasteiger partial charge in [0.05, 0.1) is 6.04 Å². The average Bonchev–Trinajstić information content (AvgIpc) is 2.93. The van der Waals surface area contributed by atoms with E-state index in [1.807, 2.05) is 30.0 Å². The molecule has 2 heterocycles. The number of carbonyl (C=O) groups excluding carboxylic acids is 1. The van der Waals surface area contributed by atoms with Crippen molar-refractivity contribution in [1.29, 1.82) is 0 Å². The quantitative estimate of drug-likeness (QED) is 0.851. The van der Waals surface area contributed by atoms with Crippen LogP contribution in [0.5, 0.6) is 0 Å². The molecule has 0 saturated carbocycles. The van der Waals surface area contributed by atoms with Gasteiger partial charge in [-0.25, -0.2) is 4.79 Å². The van der Waals surface area contributed by atoms with E-state index >= 15 is 0 Å². The zero-order valence-electron chi connectivity index (χ0n) is 12.8. The number of carbonyl (C=O) groups is 1. The molecule has 21 heavy (non-hydrogen) atoms. The van der Waals surface area contributed by atoms with Gasteiger partial charge in [-0.05, 0) is 50.1 Å². The van der Waals surface area contributed by atoms with Gasteiger partial charge in [-0.2, -0.15) is 0 Å². The third-order valence-corrected chi connectivity index (χ3v) is 4.45. The smallest absolute Gasteiger partial charge is 0.322 e. The van der Waals surface area contributed by atoms with E-state index in [4.69, 9.17) is 0 Å². The van der Waals surface area contributed by atoms with Gasteiger partial charge in [0.2, 0.25) is 0 Å². The molecular formula is C17H21N3O. The van der Waals surface area contributed by atoms with E-state index < -0.39 is 0 Å². The minimum Gasteiger partial charge on any atom is -0.348 e. The number of urea groups is 1. The molecule has 110 valence electrons. The van der Waals surface area contributed by atoms with Crippen molar-refractivity contribution in [3.05, 3.63) is 53.3 Å². The second-order valence-corrected chi connectivity index (χ2v) is 5.67. The minimum absolute atomic E-state index is 0.0244. The number of nitrogens with one attached hydrogen (secondary N) is 1. The molecule has 0 radical (unpaired) electrons. The highest BCUT2D eigenvalue weighted by Gasteiger charge is 2.27. The van der Waals surface area contributed by atoms with Crippen molar-refractivity contribution < 1.29 is 4.79 Å². The van der Waals surface area contributed by atoms with Crippen molar-refractivity contribution in [2.24, 2.45) is 0 Å². The first-order valence-corrected chi connectivity index (χ1v) is 7.37. The second-order valence-electron chi connectivity index (χ2n) is 5.67. The Hall–Kier alpha value is -2.23. The van der Waals surface area contributed by atoms with Crippen molar-refractivity contribution in [3.63, 3.8) is 0 Å². The van der Waals surface area contributed by atoms with E-state index in [1.54, 1.807) is 0 Å². The predicted octanol–water partition coefficient (Wildman–Crippen LogP) is 3.71. The summed E-state index contributed by atoms with van der Waals surface area (Å²) in [5.74, 6) is 0. The van der Waals surface area contributed by atoms with Crippen LogP contribution in [0.25, 0.3) is 0 Å². The number of hydrogen-bond acceptors (Lipinski definition) is 1. The molecule has 0 saturated heterocycles. The Morgan fingerprint density at radius 1 is 1.19 bits per heavy atom. The fourth-order valence-corrected chi connectivity index (χ4v) is 2.93. The first-order chi connectivity index (χ1) is 10.1. The van der Waals surface area contributed by atoms with E-state index in [0.29, 0.717) is 0 Å². The number of nitrogens with zero attached hydrogens (tertiary/aromatic N) is 2. The SMILES string of the molecule is Cc1cccc(NC(=O)N2CCn3cccc3[C@H]2C)c1C. The molecule has 1 aliphatic heterocycles. The van der Waals surface area contributed by atoms with Crippen LogP contribution in [-0.4, -0.2) is 22.0 Å². The first-order valence-electron chi connectivity index (χ1n) is 7.37. The number of amides is 2. The molecule has 1 aromatic heterocycles. The van der Waals surface area contributed by atoms with Crippen molar-refractivity contribution >= 4 is 11.7 Å². The molecule has 3 rings (SSSR count). The van der Waals surface area contributed by atoms with Crippen LogP contribution in [0.2, 0.25) is 0 Å². The fourth-order valence-electron chi connectivity index (χ4n) is 2.93. The Morgan fingerprint density at radius 3 is 2.81 bits per heavy atom. The third-order valence-electron chi connectivity index (χ3n) is 4.45. The molecule has 4 heteroatoms. The monoisotopic (exact) mass is 283 g/mol. The van der Waals surface area contributed by atoms with Gasteiger partial charge in [-0.1, -0.05) is 12.1 Å². The van der Waals surface area contributed by atoms with Gasteiger partial charge < -0.3 is 14.8 Å². The normalized spacial score (nSPS) is 17.5. The van der Waals surface area contributed by atoms with Crippen molar-refractivity contribution in [2.75, 3.05) is 11.9 Å². The van der Waals surface area contributed by atoms with Crippen LogP contribution in [0, 0.1) is 13.8 Å². The molecule has 2 aromatic rings. The predicted molar refractivity (Wildman–Crippen MR) is 84.5 cm³/mol. The van der Waals surface area contributed by atoms with Crippen molar-refractivity contribution in [3.8, 4) is 0 Å². The molecule has 1 N–H and O–H groups in total. The lowest BCUT2D eigenvalue weighted by atomic mass is 10.1. The molecule has 0 aliphatic carbocycles. The van der Waals surface area contributed by atoms with Gasteiger partial charge in [0.15, 0.2) is 0 Å². The summed E-state index contributed by atoms with van der Waals surface area (Å²) in [5.41, 5.74) is 4.40. The van der Waals surface area contributed by atoms with Crippen LogP contribution in [0.1, 0.15) is 29.8 Å². The maximum Gasteiger partial charge on any atom is 0.322 e. The standard InChI is InChI=1S/C17H21N3O/c1-12-6-4-7-15(13(12)2)18-17(21)20-11-10-19-9-5-8-16(19)14(20)3/h4-9,14H,10-11H2,1-3H3,(H,18,21)/t14-/m1/s1. The summed E-state index contributed by atoms with van der Waals surface area (Å²) in [4.78, 5) is 14.5. The van der Waals surface area contributed by atoms with E-state index in [-0.39, 0.29) is 12.1 Å². The van der Waals surface area contributed by atoms with Crippen LogP contribution in [0.3, 0.4) is 0 Å². The summed E-state index contributed by atoms with van der Waals surface area (Å²) in [5, 5.41) is 3.05. The van der Waals surface area contributed by atoms with E-state index in [2.05, 4.69) is 42.1 Å². The summed E-state index contributed by atoms with van der Waals surface area (Å²) in [6, 6.07) is 10.2. The lowest BCUT2D eigenvalue weighted by Crippen LogP contribution is -2.43. The molecule has 1 aliphatic rings. The minimum atomic E-state index is -0.0244. The summed E-state index contributed by atoms with van der Waals surface area (Å²) >= 11 is 0. The van der Waals surface area contributed by atoms with Crippen LogP contribution >= 0.6 is 0 Å². The Kier molecular flexibility index (Phi) is 3.45. The zero-order chi connectivity index (χ0) is 15.0. The summed E-state index contributed by atoms with van der Waals surface area (Å²) in [6.45, 7) is 7.76. The summed E-state index contributed by atoms with van der Waals surface area (Å²) in [7, 11) is 0. The lowest BCUT2D eigenvalue weighted by Gasteiger charge is -2.35. The van der Waals surface area contributed by atoms with Gasteiger partial charge in [-0.3, -0.25) is 0 Å². The number of rotatable bonds is 1. The zero-order valence-corrected chi connectivity index (χ0v) is 12.8. The molecule has 0 bridgehead atoms. The Balaban J connectivity index is 1.79. The van der Waals surface area contributed by atoms with Gasteiger partial charge in [0.25, 0.3) is 0 Å². The Bertz CT molecular complexity index is 674. The number of aromatic nitrogens is 1. The number of aryl methyl sites for hydroxylation is 1. The van der Waals surface area contributed by atoms with Gasteiger partial charge in [-0.15, -0.1) is 0 Å². The molecular weight excluding hydrogens is 262 g/mol. The lowest BCUT2D eigenvalue weighted by molar-refractivity contribution is 0.175. The molecule has 0 spiro atoms. The van der Waals surface area contributed by atoms with Crippen LogP contribution in [0.15, 0.2) is 36.5 Å². The molecule has 4 nitrogen and oxygen atoms in total. The molecule has 0 fully saturated rings. The maximum atomic E-state index is 12.6. The van der Waals surface area contributed by atoms with Crippen molar-refractivity contribution in [2.45, 2.75) is 33.4 Å². The average molecular weight is 283 g/mol. The Morgan fingerprint density at radius 2 is 2.00 bits per heavy atom. The highest BCUT2D eigenvalue weighted by molar-refractivity contribution is 5.90. The molecule has 2 amide bonds.